The van der Waals surface area contributed by atoms with Crippen LogP contribution in [0.25, 0.3) is 11.6 Å². The van der Waals surface area contributed by atoms with E-state index < -0.39 is 44.5 Å². The summed E-state index contributed by atoms with van der Waals surface area (Å²) in [5.41, 5.74) is 1.02. The maximum absolute atomic E-state index is 14.6. The number of anilines is 2. The lowest BCUT2D eigenvalue weighted by Gasteiger charge is -2.49. The standard InChI is InChI=1S/C30H28ClF4N3O4S/c1-19(29-24(31)7-4-8-25(29)32)13-20-9-10-26-27(14-20)38(17-22-16-36(11-12-37(22)26)18-28(39)42-2)43(40,41)23-6-3-5-21(15-23)30(33,34)35/h3-10,13-15,22H,11-12,16-18H2,1-2H3/b19-13+/t22-/m0/s1. The van der Waals surface area contributed by atoms with Crippen LogP contribution in [0.1, 0.15) is 23.6 Å². The Morgan fingerprint density at radius 3 is 2.49 bits per heavy atom. The Hall–Kier alpha value is -3.61. The highest BCUT2D eigenvalue weighted by molar-refractivity contribution is 7.92. The molecule has 3 aromatic rings. The molecule has 7 nitrogen and oxygen atoms in total. The van der Waals surface area contributed by atoms with Crippen molar-refractivity contribution >= 4 is 50.6 Å². The first-order valence-electron chi connectivity index (χ1n) is 13.3. The van der Waals surface area contributed by atoms with Gasteiger partial charge in [0.1, 0.15) is 5.82 Å². The SMILES string of the molecule is COC(=O)CN1CCN2c3ccc(/C=C(\C)c4c(F)cccc4Cl)cc3N(S(=O)(=O)c3cccc(C(F)(F)F)c3)C[C@@H]2C1. The van der Waals surface area contributed by atoms with E-state index in [2.05, 4.69) is 0 Å². The molecule has 5 rings (SSSR count). The predicted octanol–water partition coefficient (Wildman–Crippen LogP) is 5.93. The van der Waals surface area contributed by atoms with E-state index in [1.165, 1.54) is 19.2 Å². The molecule has 2 heterocycles. The number of sulfonamides is 1. The Kier molecular flexibility index (Phi) is 8.47. The number of rotatable bonds is 6. The first-order valence-corrected chi connectivity index (χ1v) is 15.1. The van der Waals surface area contributed by atoms with E-state index in [1.807, 2.05) is 9.80 Å². The minimum Gasteiger partial charge on any atom is -0.468 e. The van der Waals surface area contributed by atoms with Gasteiger partial charge in [0.2, 0.25) is 0 Å². The summed E-state index contributed by atoms with van der Waals surface area (Å²) < 4.78 is 89.0. The summed E-state index contributed by atoms with van der Waals surface area (Å²) in [6.07, 6.45) is -3.07. The fourth-order valence-corrected chi connectivity index (χ4v) is 7.40. The molecule has 0 bridgehead atoms. The number of hydrogen-bond donors (Lipinski definition) is 0. The predicted molar refractivity (Wildman–Crippen MR) is 157 cm³/mol. The molecule has 1 saturated heterocycles. The van der Waals surface area contributed by atoms with E-state index in [9.17, 15) is 30.8 Å². The summed E-state index contributed by atoms with van der Waals surface area (Å²) in [6, 6.07) is 12.7. The quantitative estimate of drug-likeness (QED) is 0.190. The fraction of sp³-hybridized carbons (Fsp3) is 0.300. The number of carbonyl (C=O) groups excluding carboxylic acids is 1. The molecule has 2 aliphatic heterocycles. The number of halogens is 5. The third-order valence-corrected chi connectivity index (χ3v) is 9.68. The number of esters is 1. The van der Waals surface area contributed by atoms with E-state index in [0.717, 1.165) is 22.5 Å². The van der Waals surface area contributed by atoms with Crippen molar-refractivity contribution in [1.82, 2.24) is 4.90 Å². The second-order valence-electron chi connectivity index (χ2n) is 10.4. The van der Waals surface area contributed by atoms with Crippen LogP contribution in [0.2, 0.25) is 5.02 Å². The lowest BCUT2D eigenvalue weighted by atomic mass is 10.0. The molecular weight excluding hydrogens is 610 g/mol. The maximum Gasteiger partial charge on any atom is 0.416 e. The number of piperazine rings is 1. The van der Waals surface area contributed by atoms with Crippen LogP contribution in [0, 0.1) is 5.82 Å². The highest BCUT2D eigenvalue weighted by Gasteiger charge is 2.41. The summed E-state index contributed by atoms with van der Waals surface area (Å²) in [5, 5.41) is 0.216. The molecule has 0 spiro atoms. The van der Waals surface area contributed by atoms with Gasteiger partial charge in [-0.1, -0.05) is 35.9 Å². The molecular formula is C30H28ClF4N3O4S. The Labute approximate surface area is 252 Å². The van der Waals surface area contributed by atoms with Gasteiger partial charge in [-0.2, -0.15) is 13.2 Å². The molecule has 1 fully saturated rings. The van der Waals surface area contributed by atoms with Crippen molar-refractivity contribution in [3.63, 3.8) is 0 Å². The van der Waals surface area contributed by atoms with Crippen LogP contribution in [0.5, 0.6) is 0 Å². The summed E-state index contributed by atoms with van der Waals surface area (Å²) >= 11 is 6.24. The molecule has 0 radical (unpaired) electrons. The number of alkyl halides is 3. The smallest absolute Gasteiger partial charge is 0.416 e. The topological polar surface area (TPSA) is 70.2 Å². The second kappa shape index (κ2) is 11.8. The summed E-state index contributed by atoms with van der Waals surface area (Å²) in [7, 11) is -3.19. The van der Waals surface area contributed by atoms with Gasteiger partial charge in [0.15, 0.2) is 0 Å². The van der Waals surface area contributed by atoms with Crippen molar-refractivity contribution in [3.8, 4) is 0 Å². The Balaban J connectivity index is 1.60. The van der Waals surface area contributed by atoms with Crippen LogP contribution in [0.3, 0.4) is 0 Å². The minimum atomic E-state index is -4.73. The lowest BCUT2D eigenvalue weighted by Crippen LogP contribution is -2.61. The lowest BCUT2D eigenvalue weighted by molar-refractivity contribution is -0.142. The first-order chi connectivity index (χ1) is 20.3. The normalized spacial score (nSPS) is 17.8. The number of fused-ring (bicyclic) bond motifs is 3. The second-order valence-corrected chi connectivity index (χ2v) is 12.7. The zero-order valence-corrected chi connectivity index (χ0v) is 24.8. The average molecular weight is 638 g/mol. The number of nitrogens with zero attached hydrogens (tertiary/aromatic N) is 3. The van der Waals surface area contributed by atoms with Crippen LogP contribution in [-0.4, -0.2) is 65.2 Å². The Morgan fingerprint density at radius 1 is 1.05 bits per heavy atom. The first kappa shape index (κ1) is 30.8. The number of carbonyl (C=O) groups is 1. The molecule has 228 valence electrons. The van der Waals surface area contributed by atoms with Crippen molar-refractivity contribution in [2.24, 2.45) is 0 Å². The molecule has 0 saturated carbocycles. The fourth-order valence-electron chi connectivity index (χ4n) is 5.53. The van der Waals surface area contributed by atoms with Crippen LogP contribution in [0.15, 0.2) is 65.6 Å². The minimum absolute atomic E-state index is 0.0235. The van der Waals surface area contributed by atoms with Crippen LogP contribution >= 0.6 is 11.6 Å². The Bertz CT molecular complexity index is 1680. The number of hydrogen-bond acceptors (Lipinski definition) is 6. The molecule has 0 N–H and O–H groups in total. The largest absolute Gasteiger partial charge is 0.468 e. The van der Waals surface area contributed by atoms with Gasteiger partial charge in [0.25, 0.3) is 10.0 Å². The van der Waals surface area contributed by atoms with Crippen molar-refractivity contribution < 1.29 is 35.5 Å². The Morgan fingerprint density at radius 2 is 1.79 bits per heavy atom. The maximum atomic E-state index is 14.6. The van der Waals surface area contributed by atoms with Crippen LogP contribution in [0.4, 0.5) is 28.9 Å². The van der Waals surface area contributed by atoms with Crippen LogP contribution < -0.4 is 9.21 Å². The number of benzene rings is 3. The zero-order chi connectivity index (χ0) is 31.1. The van der Waals surface area contributed by atoms with E-state index in [1.54, 1.807) is 37.3 Å². The van der Waals surface area contributed by atoms with Gasteiger partial charge in [0.05, 0.1) is 53.1 Å². The van der Waals surface area contributed by atoms with Gasteiger partial charge in [-0.15, -0.1) is 0 Å². The van der Waals surface area contributed by atoms with E-state index in [-0.39, 0.29) is 29.4 Å². The molecule has 1 atom stereocenters. The van der Waals surface area contributed by atoms with Crippen molar-refractivity contribution in [2.45, 2.75) is 24.0 Å². The monoisotopic (exact) mass is 637 g/mol. The van der Waals surface area contributed by atoms with Crippen molar-refractivity contribution in [3.05, 3.63) is 88.2 Å². The summed E-state index contributed by atoms with van der Waals surface area (Å²) in [4.78, 5) is 15.3. The van der Waals surface area contributed by atoms with E-state index in [4.69, 9.17) is 16.3 Å². The molecule has 0 unspecified atom stereocenters. The highest BCUT2D eigenvalue weighted by Crippen LogP contribution is 2.42. The summed E-state index contributed by atoms with van der Waals surface area (Å²) in [6.45, 7) is 2.94. The summed E-state index contributed by atoms with van der Waals surface area (Å²) in [5.74, 6) is -0.944. The molecule has 0 amide bonds. The van der Waals surface area contributed by atoms with Gasteiger partial charge in [-0.05, 0) is 60.5 Å². The molecule has 2 aliphatic rings. The van der Waals surface area contributed by atoms with Gasteiger partial charge in [-0.25, -0.2) is 12.8 Å². The third kappa shape index (κ3) is 6.22. The average Bonchev–Trinajstić information content (AvgIpc) is 2.96. The van der Waals surface area contributed by atoms with Gasteiger partial charge in [-0.3, -0.25) is 14.0 Å². The van der Waals surface area contributed by atoms with Gasteiger partial charge >= 0.3 is 12.1 Å². The van der Waals surface area contributed by atoms with E-state index >= 15 is 0 Å². The molecule has 13 heteroatoms. The molecule has 0 aromatic heterocycles. The van der Waals surface area contributed by atoms with Gasteiger partial charge in [0, 0.05) is 25.2 Å². The molecule has 43 heavy (non-hydrogen) atoms. The number of ether oxygens (including phenoxy) is 1. The van der Waals surface area contributed by atoms with Crippen LogP contribution in [-0.2, 0) is 25.7 Å². The third-order valence-electron chi connectivity index (χ3n) is 7.59. The van der Waals surface area contributed by atoms with E-state index in [0.29, 0.717) is 42.5 Å². The van der Waals surface area contributed by atoms with Gasteiger partial charge < -0.3 is 9.64 Å². The zero-order valence-electron chi connectivity index (χ0n) is 23.2. The molecule has 3 aromatic carbocycles. The number of methoxy groups -OCH3 is 1. The van der Waals surface area contributed by atoms with Crippen molar-refractivity contribution in [1.29, 1.82) is 0 Å². The number of allylic oxidation sites excluding steroid dienone is 1. The van der Waals surface area contributed by atoms with Crippen molar-refractivity contribution in [2.75, 3.05) is 49.0 Å². The highest BCUT2D eigenvalue weighted by atomic mass is 35.5. The molecule has 0 aliphatic carbocycles.